The van der Waals surface area contributed by atoms with Crippen LogP contribution >= 0.6 is 0 Å². The normalized spacial score (nSPS) is 17.7. The number of ketones is 1. The Hall–Kier alpha value is -2.69. The lowest BCUT2D eigenvalue weighted by Crippen LogP contribution is -2.25. The Morgan fingerprint density at radius 1 is 1.15 bits per heavy atom. The van der Waals surface area contributed by atoms with Crippen LogP contribution in [0, 0.1) is 11.2 Å². The van der Waals surface area contributed by atoms with Gasteiger partial charge >= 0.3 is 0 Å². The van der Waals surface area contributed by atoms with Crippen molar-refractivity contribution >= 4 is 23.1 Å². The van der Waals surface area contributed by atoms with Crippen LogP contribution in [0.15, 0.2) is 36.4 Å². The molecule has 0 spiro atoms. The van der Waals surface area contributed by atoms with E-state index >= 15 is 0 Å². The van der Waals surface area contributed by atoms with E-state index in [0.717, 1.165) is 24.0 Å². The van der Waals surface area contributed by atoms with Gasteiger partial charge in [-0.2, -0.15) is 0 Å². The summed E-state index contributed by atoms with van der Waals surface area (Å²) in [6.07, 6.45) is 2.67. The number of fused-ring (bicyclic) bond motifs is 1. The second-order valence-electron chi connectivity index (χ2n) is 7.83. The summed E-state index contributed by atoms with van der Waals surface area (Å²) < 4.78 is 14.2. The molecule has 0 aliphatic heterocycles. The number of anilines is 2. The fourth-order valence-electron chi connectivity index (χ4n) is 3.37. The molecule has 0 radical (unpaired) electrons. The van der Waals surface area contributed by atoms with Gasteiger partial charge in [0.2, 0.25) is 0 Å². The molecule has 2 N–H and O–H groups in total. The van der Waals surface area contributed by atoms with E-state index in [-0.39, 0.29) is 23.4 Å². The first-order valence-electron chi connectivity index (χ1n) is 8.89. The molecule has 4 nitrogen and oxygen atoms in total. The number of carbonyl (C=O) groups excluding carboxylic acids is 2. The molecule has 4 rings (SSSR count). The van der Waals surface area contributed by atoms with Crippen molar-refractivity contribution in [2.75, 3.05) is 5.32 Å². The summed E-state index contributed by atoms with van der Waals surface area (Å²) in [4.78, 5) is 24.5. The Morgan fingerprint density at radius 3 is 2.65 bits per heavy atom. The van der Waals surface area contributed by atoms with E-state index in [1.807, 2.05) is 19.9 Å². The zero-order valence-corrected chi connectivity index (χ0v) is 14.9. The van der Waals surface area contributed by atoms with E-state index in [2.05, 4.69) is 10.6 Å². The topological polar surface area (TPSA) is 58.2 Å². The SMILES string of the molecule is CC1(C)Cc2cc(Nc3cc(C(=O)NC4CC4)ccc3F)ccc2C1=O. The van der Waals surface area contributed by atoms with E-state index in [4.69, 9.17) is 0 Å². The monoisotopic (exact) mass is 352 g/mol. The molecule has 5 heteroatoms. The van der Waals surface area contributed by atoms with Crippen LogP contribution in [0.4, 0.5) is 15.8 Å². The second-order valence-corrected chi connectivity index (χ2v) is 7.83. The maximum Gasteiger partial charge on any atom is 0.251 e. The molecule has 2 aromatic carbocycles. The Bertz CT molecular complexity index is 916. The fraction of sp³-hybridized carbons (Fsp3) is 0.333. The number of Topliss-reactive ketones (excluding diaryl/α,β-unsaturated/α-hetero) is 1. The summed E-state index contributed by atoms with van der Waals surface area (Å²) >= 11 is 0. The van der Waals surface area contributed by atoms with Crippen molar-refractivity contribution in [3.05, 3.63) is 58.9 Å². The van der Waals surface area contributed by atoms with Gasteiger partial charge in [0.05, 0.1) is 5.69 Å². The average Bonchev–Trinajstić information content (AvgIpc) is 3.36. The molecule has 0 heterocycles. The molecule has 1 fully saturated rings. The maximum absolute atomic E-state index is 14.2. The van der Waals surface area contributed by atoms with Crippen LogP contribution in [0.2, 0.25) is 0 Å². The van der Waals surface area contributed by atoms with Crippen LogP contribution in [-0.2, 0) is 6.42 Å². The zero-order valence-electron chi connectivity index (χ0n) is 14.9. The van der Waals surface area contributed by atoms with Crippen LogP contribution in [0.1, 0.15) is 53.0 Å². The van der Waals surface area contributed by atoms with Gasteiger partial charge in [-0.3, -0.25) is 9.59 Å². The maximum atomic E-state index is 14.2. The highest BCUT2D eigenvalue weighted by Gasteiger charge is 2.37. The largest absolute Gasteiger partial charge is 0.353 e. The second kappa shape index (κ2) is 5.94. The van der Waals surface area contributed by atoms with Gasteiger partial charge in [-0.1, -0.05) is 13.8 Å². The lowest BCUT2D eigenvalue weighted by atomic mass is 9.89. The van der Waals surface area contributed by atoms with Gasteiger partial charge in [0.1, 0.15) is 5.82 Å². The number of benzene rings is 2. The van der Waals surface area contributed by atoms with Gasteiger partial charge in [0.25, 0.3) is 5.91 Å². The van der Waals surface area contributed by atoms with Crippen LogP contribution in [0.3, 0.4) is 0 Å². The van der Waals surface area contributed by atoms with E-state index < -0.39 is 11.2 Å². The molecule has 0 atom stereocenters. The molecule has 0 aromatic heterocycles. The zero-order chi connectivity index (χ0) is 18.5. The van der Waals surface area contributed by atoms with Crippen molar-refractivity contribution in [1.82, 2.24) is 5.32 Å². The lowest BCUT2D eigenvalue weighted by Gasteiger charge is -2.13. The molecule has 2 aliphatic carbocycles. The molecule has 0 unspecified atom stereocenters. The van der Waals surface area contributed by atoms with Crippen LogP contribution in [0.25, 0.3) is 0 Å². The lowest BCUT2D eigenvalue weighted by molar-refractivity contribution is 0.0863. The number of nitrogens with one attached hydrogen (secondary N) is 2. The Kier molecular flexibility index (Phi) is 3.83. The van der Waals surface area contributed by atoms with Gasteiger partial charge in [0.15, 0.2) is 5.78 Å². The Morgan fingerprint density at radius 2 is 1.92 bits per heavy atom. The standard InChI is InChI=1S/C21H21FN2O2/c1-21(2)11-13-9-15(6-7-16(13)19(21)25)23-18-10-12(3-8-17(18)22)20(26)24-14-4-5-14/h3,6-10,14,23H,4-5,11H2,1-2H3,(H,24,26). The summed E-state index contributed by atoms with van der Waals surface area (Å²) in [5.41, 5.74) is 2.68. The van der Waals surface area contributed by atoms with E-state index in [1.54, 1.807) is 12.1 Å². The van der Waals surface area contributed by atoms with E-state index in [9.17, 15) is 14.0 Å². The molecule has 1 amide bonds. The van der Waals surface area contributed by atoms with E-state index in [1.165, 1.54) is 18.2 Å². The van der Waals surface area contributed by atoms with Gasteiger partial charge in [-0.05, 0) is 61.2 Å². The molecule has 1 saturated carbocycles. The minimum atomic E-state index is -0.426. The third-order valence-corrected chi connectivity index (χ3v) is 5.02. The molecule has 2 aromatic rings. The van der Waals surface area contributed by atoms with Crippen molar-refractivity contribution in [3.8, 4) is 0 Å². The van der Waals surface area contributed by atoms with Crippen molar-refractivity contribution < 1.29 is 14.0 Å². The highest BCUT2D eigenvalue weighted by Crippen LogP contribution is 2.37. The van der Waals surface area contributed by atoms with Crippen LogP contribution in [-0.4, -0.2) is 17.7 Å². The van der Waals surface area contributed by atoms with Crippen molar-refractivity contribution in [2.45, 2.75) is 39.2 Å². The number of hydrogen-bond acceptors (Lipinski definition) is 3. The molecule has 26 heavy (non-hydrogen) atoms. The third-order valence-electron chi connectivity index (χ3n) is 5.02. The number of halogens is 1. The number of carbonyl (C=O) groups is 2. The predicted octanol–water partition coefficient (Wildman–Crippen LogP) is 4.23. The van der Waals surface area contributed by atoms with E-state index in [0.29, 0.717) is 17.7 Å². The summed E-state index contributed by atoms with van der Waals surface area (Å²) in [5.74, 6) is -0.467. The molecule has 134 valence electrons. The average molecular weight is 352 g/mol. The number of rotatable bonds is 4. The molecule has 0 bridgehead atoms. The first-order chi connectivity index (χ1) is 12.3. The molecular formula is C21H21FN2O2. The summed E-state index contributed by atoms with van der Waals surface area (Å²) in [6.45, 7) is 3.87. The summed E-state index contributed by atoms with van der Waals surface area (Å²) in [7, 11) is 0. The number of hydrogen-bond donors (Lipinski definition) is 2. The quantitative estimate of drug-likeness (QED) is 0.866. The van der Waals surface area contributed by atoms with Gasteiger partial charge in [-0.25, -0.2) is 4.39 Å². The van der Waals surface area contributed by atoms with Crippen LogP contribution < -0.4 is 10.6 Å². The van der Waals surface area contributed by atoms with Crippen LogP contribution in [0.5, 0.6) is 0 Å². The highest BCUT2D eigenvalue weighted by atomic mass is 19.1. The number of amides is 1. The Balaban J connectivity index is 1.58. The third kappa shape index (κ3) is 3.09. The summed E-state index contributed by atoms with van der Waals surface area (Å²) in [5, 5.41) is 5.94. The van der Waals surface area contributed by atoms with Crippen molar-refractivity contribution in [3.63, 3.8) is 0 Å². The van der Waals surface area contributed by atoms with Gasteiger partial charge in [-0.15, -0.1) is 0 Å². The van der Waals surface area contributed by atoms with Crippen molar-refractivity contribution in [1.29, 1.82) is 0 Å². The minimum Gasteiger partial charge on any atom is -0.353 e. The van der Waals surface area contributed by atoms with Gasteiger partial charge < -0.3 is 10.6 Å². The molecular weight excluding hydrogens is 331 g/mol. The van der Waals surface area contributed by atoms with Gasteiger partial charge in [0, 0.05) is 28.3 Å². The fourth-order valence-corrected chi connectivity index (χ4v) is 3.37. The smallest absolute Gasteiger partial charge is 0.251 e. The first-order valence-corrected chi connectivity index (χ1v) is 8.89. The predicted molar refractivity (Wildman–Crippen MR) is 98.4 cm³/mol. The minimum absolute atomic E-state index is 0.143. The highest BCUT2D eigenvalue weighted by molar-refractivity contribution is 6.04. The molecule has 0 saturated heterocycles. The van der Waals surface area contributed by atoms with Crippen molar-refractivity contribution in [2.24, 2.45) is 5.41 Å². The molecule has 2 aliphatic rings. The summed E-state index contributed by atoms with van der Waals surface area (Å²) in [6, 6.07) is 10.0. The Labute approximate surface area is 151 Å². The first kappa shape index (κ1) is 16.8.